The number of rotatable bonds is 1. The highest BCUT2D eigenvalue weighted by atomic mass is 15.1. The van der Waals surface area contributed by atoms with Gasteiger partial charge in [-0.3, -0.25) is 0 Å². The summed E-state index contributed by atoms with van der Waals surface area (Å²) in [5.41, 5.74) is 1.96. The van der Waals surface area contributed by atoms with Gasteiger partial charge in [-0.05, 0) is 13.3 Å². The largest absolute Gasteiger partial charge is 0.238 e. The van der Waals surface area contributed by atoms with Crippen LogP contribution in [0.2, 0.25) is 0 Å². The second kappa shape index (κ2) is 2.53. The summed E-state index contributed by atoms with van der Waals surface area (Å²) in [6, 6.07) is 0. The third-order valence-electron chi connectivity index (χ3n) is 1.23. The van der Waals surface area contributed by atoms with Crippen LogP contribution in [0.1, 0.15) is 18.3 Å². The van der Waals surface area contributed by atoms with Crippen molar-refractivity contribution in [1.82, 2.24) is 15.2 Å². The van der Waals surface area contributed by atoms with Crippen LogP contribution < -0.4 is 0 Å². The third kappa shape index (κ3) is 1.22. The molecule has 0 aliphatic rings. The Labute approximate surface area is 54.2 Å². The van der Waals surface area contributed by atoms with Gasteiger partial charge in [-0.15, -0.1) is 5.10 Å². The Bertz CT molecular complexity index is 197. The number of hydrogen-bond acceptors (Lipinski definition) is 3. The molecule has 0 aliphatic heterocycles. The van der Waals surface area contributed by atoms with Gasteiger partial charge in [-0.1, -0.05) is 6.92 Å². The maximum Gasteiger partial charge on any atom is 0.138 e. The van der Waals surface area contributed by atoms with Crippen LogP contribution in [0.3, 0.4) is 0 Å². The van der Waals surface area contributed by atoms with Gasteiger partial charge in [-0.2, -0.15) is 5.10 Å². The molecular formula is C6H9N3. The lowest BCUT2D eigenvalue weighted by Crippen LogP contribution is -1.95. The number of nitrogens with zero attached hydrogens (tertiary/aromatic N) is 3. The van der Waals surface area contributed by atoms with Gasteiger partial charge in [0.25, 0.3) is 0 Å². The molecule has 0 N–H and O–H groups in total. The monoisotopic (exact) mass is 123 g/mol. The van der Waals surface area contributed by atoms with Gasteiger partial charge in [0.15, 0.2) is 0 Å². The van der Waals surface area contributed by atoms with Crippen molar-refractivity contribution in [3.63, 3.8) is 0 Å². The van der Waals surface area contributed by atoms with E-state index in [1.165, 1.54) is 6.33 Å². The van der Waals surface area contributed by atoms with Gasteiger partial charge in [0.05, 0.1) is 11.4 Å². The van der Waals surface area contributed by atoms with E-state index < -0.39 is 0 Å². The Hall–Kier alpha value is -0.990. The summed E-state index contributed by atoms with van der Waals surface area (Å²) in [5.74, 6) is 0. The minimum absolute atomic E-state index is 0.931. The summed E-state index contributed by atoms with van der Waals surface area (Å²) < 4.78 is 0. The molecule has 1 rings (SSSR count). The van der Waals surface area contributed by atoms with Crippen molar-refractivity contribution in [1.29, 1.82) is 0 Å². The molecule has 0 aliphatic carbocycles. The van der Waals surface area contributed by atoms with E-state index in [2.05, 4.69) is 22.1 Å². The SMILES string of the molecule is CCc1ncnnc1C. The first-order valence-electron chi connectivity index (χ1n) is 2.97. The van der Waals surface area contributed by atoms with E-state index in [-0.39, 0.29) is 0 Å². The van der Waals surface area contributed by atoms with Crippen molar-refractivity contribution in [2.24, 2.45) is 0 Å². The molecule has 0 radical (unpaired) electrons. The minimum atomic E-state index is 0.931. The van der Waals surface area contributed by atoms with Gasteiger partial charge in [0, 0.05) is 0 Å². The smallest absolute Gasteiger partial charge is 0.138 e. The topological polar surface area (TPSA) is 38.7 Å². The average Bonchev–Trinajstić information content (AvgIpc) is 1.89. The van der Waals surface area contributed by atoms with Crippen LogP contribution in [0.5, 0.6) is 0 Å². The first-order valence-corrected chi connectivity index (χ1v) is 2.97. The van der Waals surface area contributed by atoms with E-state index in [0.29, 0.717) is 0 Å². The van der Waals surface area contributed by atoms with Gasteiger partial charge < -0.3 is 0 Å². The molecule has 48 valence electrons. The fraction of sp³-hybridized carbons (Fsp3) is 0.500. The second-order valence-corrected chi connectivity index (χ2v) is 1.85. The second-order valence-electron chi connectivity index (χ2n) is 1.85. The molecule has 0 saturated carbocycles. The maximum atomic E-state index is 4.02. The summed E-state index contributed by atoms with van der Waals surface area (Å²) >= 11 is 0. The average molecular weight is 123 g/mol. The summed E-state index contributed by atoms with van der Waals surface area (Å²) in [6.45, 7) is 3.97. The molecule has 0 spiro atoms. The molecule has 0 fully saturated rings. The maximum absolute atomic E-state index is 4.02. The van der Waals surface area contributed by atoms with E-state index >= 15 is 0 Å². The Balaban J connectivity index is 3.01. The van der Waals surface area contributed by atoms with Crippen LogP contribution in [0.15, 0.2) is 6.33 Å². The first-order chi connectivity index (χ1) is 4.34. The Morgan fingerprint density at radius 1 is 1.56 bits per heavy atom. The minimum Gasteiger partial charge on any atom is -0.238 e. The lowest BCUT2D eigenvalue weighted by atomic mass is 10.3. The zero-order valence-electron chi connectivity index (χ0n) is 5.63. The fourth-order valence-electron chi connectivity index (χ4n) is 0.706. The Morgan fingerprint density at radius 2 is 2.33 bits per heavy atom. The van der Waals surface area contributed by atoms with Crippen molar-refractivity contribution < 1.29 is 0 Å². The molecule has 3 heteroatoms. The first kappa shape index (κ1) is 6.13. The standard InChI is InChI=1S/C6H9N3/c1-3-6-5(2)9-8-4-7-6/h4H,3H2,1-2H3. The molecule has 3 nitrogen and oxygen atoms in total. The molecule has 1 heterocycles. The lowest BCUT2D eigenvalue weighted by molar-refractivity contribution is 0.859. The molecule has 1 aromatic rings. The fourth-order valence-corrected chi connectivity index (χ4v) is 0.706. The quantitative estimate of drug-likeness (QED) is 0.553. The summed E-state index contributed by atoms with van der Waals surface area (Å²) in [4.78, 5) is 4.02. The van der Waals surface area contributed by atoms with E-state index in [1.54, 1.807) is 0 Å². The van der Waals surface area contributed by atoms with Gasteiger partial charge in [-0.25, -0.2) is 4.98 Å². The van der Waals surface area contributed by atoms with E-state index in [4.69, 9.17) is 0 Å². The van der Waals surface area contributed by atoms with E-state index in [9.17, 15) is 0 Å². The third-order valence-corrected chi connectivity index (χ3v) is 1.23. The Morgan fingerprint density at radius 3 is 2.78 bits per heavy atom. The van der Waals surface area contributed by atoms with Crippen molar-refractivity contribution in [2.45, 2.75) is 20.3 Å². The van der Waals surface area contributed by atoms with Crippen molar-refractivity contribution in [3.8, 4) is 0 Å². The van der Waals surface area contributed by atoms with Crippen LogP contribution in [0.25, 0.3) is 0 Å². The molecule has 9 heavy (non-hydrogen) atoms. The highest BCUT2D eigenvalue weighted by Gasteiger charge is 1.94. The Kier molecular flexibility index (Phi) is 1.72. The van der Waals surface area contributed by atoms with Crippen LogP contribution in [0, 0.1) is 6.92 Å². The van der Waals surface area contributed by atoms with E-state index in [0.717, 1.165) is 17.8 Å². The lowest BCUT2D eigenvalue weighted by Gasteiger charge is -1.94. The predicted octanol–water partition coefficient (Wildman–Crippen LogP) is 0.742. The molecule has 0 amide bonds. The van der Waals surface area contributed by atoms with Crippen LogP contribution in [0.4, 0.5) is 0 Å². The molecule has 1 aromatic heterocycles. The van der Waals surface area contributed by atoms with Crippen LogP contribution >= 0.6 is 0 Å². The van der Waals surface area contributed by atoms with Crippen molar-refractivity contribution in [3.05, 3.63) is 17.7 Å². The van der Waals surface area contributed by atoms with Gasteiger partial charge in [0.2, 0.25) is 0 Å². The molecule has 0 atom stereocenters. The molecule has 0 bridgehead atoms. The summed E-state index contributed by atoms with van der Waals surface area (Å²) in [5, 5.41) is 7.47. The van der Waals surface area contributed by atoms with Crippen LogP contribution in [-0.4, -0.2) is 15.2 Å². The number of hydrogen-bond donors (Lipinski definition) is 0. The summed E-state index contributed by atoms with van der Waals surface area (Å²) in [6.07, 6.45) is 2.41. The zero-order chi connectivity index (χ0) is 6.69. The highest BCUT2D eigenvalue weighted by Crippen LogP contribution is 1.96. The highest BCUT2D eigenvalue weighted by molar-refractivity contribution is 5.04. The predicted molar refractivity (Wildman–Crippen MR) is 33.9 cm³/mol. The molecule has 0 saturated heterocycles. The van der Waals surface area contributed by atoms with Crippen molar-refractivity contribution >= 4 is 0 Å². The van der Waals surface area contributed by atoms with Gasteiger partial charge in [0.1, 0.15) is 6.33 Å². The van der Waals surface area contributed by atoms with Crippen molar-refractivity contribution in [2.75, 3.05) is 0 Å². The molecular weight excluding hydrogens is 114 g/mol. The number of aromatic nitrogens is 3. The zero-order valence-corrected chi connectivity index (χ0v) is 5.63. The van der Waals surface area contributed by atoms with Crippen LogP contribution in [-0.2, 0) is 6.42 Å². The molecule has 0 unspecified atom stereocenters. The number of aryl methyl sites for hydroxylation is 2. The normalized spacial score (nSPS) is 9.56. The summed E-state index contributed by atoms with van der Waals surface area (Å²) in [7, 11) is 0. The molecule has 0 aromatic carbocycles. The van der Waals surface area contributed by atoms with Gasteiger partial charge >= 0.3 is 0 Å². The van der Waals surface area contributed by atoms with E-state index in [1.807, 2.05) is 6.92 Å².